The Balaban J connectivity index is 0.000000289. The second-order valence-corrected chi connectivity index (χ2v) is 8.83. The van der Waals surface area contributed by atoms with Gasteiger partial charge in [0.05, 0.1) is 17.4 Å². The molecule has 1 atom stereocenters. The minimum absolute atomic E-state index is 0.151. The van der Waals surface area contributed by atoms with Crippen molar-refractivity contribution in [2.45, 2.75) is 37.8 Å². The van der Waals surface area contributed by atoms with Gasteiger partial charge < -0.3 is 25.3 Å². The van der Waals surface area contributed by atoms with E-state index < -0.39 is 24.3 Å². The third-order valence-corrected chi connectivity index (χ3v) is 5.73. The average molecular weight is 601 g/mol. The van der Waals surface area contributed by atoms with Crippen LogP contribution in [0.15, 0.2) is 67.0 Å². The number of hydrogen-bond donors (Lipinski definition) is 4. The molecule has 5 rings (SSSR count). The summed E-state index contributed by atoms with van der Waals surface area (Å²) in [6.07, 6.45) is -6.66. The molecule has 1 aliphatic carbocycles. The van der Waals surface area contributed by atoms with Gasteiger partial charge in [-0.15, -0.1) is 0 Å². The molecule has 0 saturated heterocycles. The fourth-order valence-electron chi connectivity index (χ4n) is 3.78. The molecule has 1 aliphatic rings. The fourth-order valence-corrected chi connectivity index (χ4v) is 3.78. The zero-order valence-electron chi connectivity index (χ0n) is 21.3. The van der Waals surface area contributed by atoms with Crippen molar-refractivity contribution < 1.29 is 55.3 Å². The smallest absolute Gasteiger partial charge is 0.475 e. The number of aliphatic carboxylic acids is 2. The maximum atomic E-state index is 13.4. The lowest BCUT2D eigenvalue weighted by molar-refractivity contribution is -0.193. The van der Waals surface area contributed by atoms with Crippen molar-refractivity contribution in [3.05, 3.63) is 89.5 Å². The van der Waals surface area contributed by atoms with Crippen LogP contribution in [0.2, 0.25) is 0 Å². The van der Waals surface area contributed by atoms with Crippen molar-refractivity contribution in [3.63, 3.8) is 0 Å². The Morgan fingerprint density at radius 2 is 1.43 bits per heavy atom. The molecule has 0 radical (unpaired) electrons. The highest BCUT2D eigenvalue weighted by Gasteiger charge is 2.38. The van der Waals surface area contributed by atoms with Crippen LogP contribution in [0, 0.1) is 5.82 Å². The van der Waals surface area contributed by atoms with Crippen molar-refractivity contribution in [2.24, 2.45) is 0 Å². The molecule has 0 unspecified atom stereocenters. The maximum Gasteiger partial charge on any atom is 0.490 e. The van der Waals surface area contributed by atoms with E-state index >= 15 is 0 Å². The lowest BCUT2D eigenvalue weighted by atomic mass is 10.1. The molecule has 0 aliphatic heterocycles. The number of H-pyrrole nitrogens is 1. The van der Waals surface area contributed by atoms with E-state index in [2.05, 4.69) is 27.4 Å². The van der Waals surface area contributed by atoms with Gasteiger partial charge in [0.2, 0.25) is 0 Å². The predicted octanol–water partition coefficient (Wildman–Crippen LogP) is 6.02. The van der Waals surface area contributed by atoms with E-state index in [0.29, 0.717) is 6.04 Å². The molecule has 1 heterocycles. The molecule has 4 aromatic rings. The molecular weight excluding hydrogens is 579 g/mol. The van der Waals surface area contributed by atoms with Crippen LogP contribution in [0.5, 0.6) is 11.5 Å². The van der Waals surface area contributed by atoms with Gasteiger partial charge in [0.25, 0.3) is 0 Å². The van der Waals surface area contributed by atoms with Crippen molar-refractivity contribution >= 4 is 23.0 Å². The van der Waals surface area contributed by atoms with Gasteiger partial charge in [-0.3, -0.25) is 0 Å². The van der Waals surface area contributed by atoms with Crippen molar-refractivity contribution in [2.75, 3.05) is 0 Å². The van der Waals surface area contributed by atoms with Gasteiger partial charge in [-0.1, -0.05) is 18.2 Å². The number of aromatic amines is 1. The number of fused-ring (bicyclic) bond motifs is 2. The predicted molar refractivity (Wildman–Crippen MR) is 134 cm³/mol. The van der Waals surface area contributed by atoms with Crippen LogP contribution in [0.4, 0.5) is 30.7 Å². The number of benzene rings is 3. The highest BCUT2D eigenvalue weighted by molar-refractivity contribution is 5.76. The summed E-state index contributed by atoms with van der Waals surface area (Å²) in [5.74, 6) is -4.09. The molecule has 15 heteroatoms. The van der Waals surface area contributed by atoms with Crippen molar-refractivity contribution in [3.8, 4) is 11.5 Å². The van der Waals surface area contributed by atoms with Crippen molar-refractivity contribution in [1.82, 2.24) is 15.3 Å². The fraction of sp³-hybridized carbons (Fsp3) is 0.222. The largest absolute Gasteiger partial charge is 0.490 e. The van der Waals surface area contributed by atoms with E-state index in [0.717, 1.165) is 47.5 Å². The number of ether oxygens (including phenoxy) is 1. The topological polar surface area (TPSA) is 125 Å². The van der Waals surface area contributed by atoms with Gasteiger partial charge in [-0.25, -0.2) is 19.0 Å². The third-order valence-electron chi connectivity index (χ3n) is 5.73. The zero-order valence-corrected chi connectivity index (χ0v) is 21.3. The summed E-state index contributed by atoms with van der Waals surface area (Å²) in [6, 6.07) is 19.3. The van der Waals surface area contributed by atoms with E-state index in [-0.39, 0.29) is 5.82 Å². The Morgan fingerprint density at radius 3 is 2.02 bits per heavy atom. The van der Waals surface area contributed by atoms with E-state index in [1.807, 2.05) is 36.4 Å². The SMILES string of the molecule is Fc1ccc2c(c1)C[C@@H](NCc1ccc(Oc3ccc4nc[nH]c4c3)cc1)C2.O=C(O)C(F)(F)F.O=C(O)C(F)(F)F. The lowest BCUT2D eigenvalue weighted by Gasteiger charge is -2.12. The van der Waals surface area contributed by atoms with Crippen LogP contribution in [0.25, 0.3) is 11.0 Å². The van der Waals surface area contributed by atoms with E-state index in [1.54, 1.807) is 18.5 Å². The Hall–Kier alpha value is -4.66. The summed E-state index contributed by atoms with van der Waals surface area (Å²) in [6.45, 7) is 0.779. The minimum atomic E-state index is -5.08. The summed E-state index contributed by atoms with van der Waals surface area (Å²) in [4.78, 5) is 25.1. The highest BCUT2D eigenvalue weighted by Crippen LogP contribution is 2.26. The Morgan fingerprint density at radius 1 is 0.857 bits per heavy atom. The molecule has 0 spiro atoms. The number of carboxylic acids is 2. The normalized spacial score (nSPS) is 14.2. The summed E-state index contributed by atoms with van der Waals surface area (Å²) < 4.78 is 82.8. The van der Waals surface area contributed by atoms with Gasteiger partial charge in [-0.05, 0) is 65.9 Å². The second-order valence-electron chi connectivity index (χ2n) is 8.83. The monoisotopic (exact) mass is 601 g/mol. The minimum Gasteiger partial charge on any atom is -0.475 e. The number of aromatic nitrogens is 2. The summed E-state index contributed by atoms with van der Waals surface area (Å²) in [7, 11) is 0. The number of carbonyl (C=O) groups is 2. The number of hydrogen-bond acceptors (Lipinski definition) is 5. The first kappa shape index (κ1) is 31.9. The lowest BCUT2D eigenvalue weighted by Crippen LogP contribution is -2.28. The number of alkyl halides is 6. The van der Waals surface area contributed by atoms with Crippen LogP contribution >= 0.6 is 0 Å². The molecular formula is C27H22F7N3O5. The third kappa shape index (κ3) is 9.47. The van der Waals surface area contributed by atoms with Gasteiger partial charge in [0.15, 0.2) is 0 Å². The first-order valence-corrected chi connectivity index (χ1v) is 11.9. The molecule has 3 aromatic carbocycles. The standard InChI is InChI=1S/C23H20FN3O.2C2HF3O2/c24-18-4-3-16-10-19(11-17(16)9-18)25-13-15-1-5-20(6-2-15)28-21-7-8-22-23(12-21)27-14-26-22;2*3-2(4,5)1(6)7/h1-9,12,14,19,25H,10-11,13H2,(H,26,27);2*(H,6,7)/t19-;;/m0../s1. The molecule has 1 aromatic heterocycles. The molecule has 0 fully saturated rings. The Kier molecular flexibility index (Phi) is 10.1. The summed E-state index contributed by atoms with van der Waals surface area (Å²) >= 11 is 0. The average Bonchev–Trinajstić information content (AvgIpc) is 3.54. The molecule has 0 amide bonds. The van der Waals surface area contributed by atoms with Gasteiger partial charge in [0.1, 0.15) is 17.3 Å². The molecule has 8 nitrogen and oxygen atoms in total. The molecule has 0 saturated carbocycles. The van der Waals surface area contributed by atoms with Gasteiger partial charge in [0, 0.05) is 18.7 Å². The number of nitrogens with one attached hydrogen (secondary N) is 2. The first-order chi connectivity index (χ1) is 19.6. The number of rotatable bonds is 5. The maximum absolute atomic E-state index is 13.4. The zero-order chi connectivity index (χ0) is 31.1. The summed E-state index contributed by atoms with van der Waals surface area (Å²) in [5.41, 5.74) is 5.44. The van der Waals surface area contributed by atoms with Crippen LogP contribution in [-0.2, 0) is 29.0 Å². The number of nitrogens with zero attached hydrogens (tertiary/aromatic N) is 1. The Labute approximate surface area is 232 Å². The van der Waals surface area contributed by atoms with E-state index in [1.165, 1.54) is 11.1 Å². The van der Waals surface area contributed by atoms with Crippen molar-refractivity contribution in [1.29, 1.82) is 0 Å². The van der Waals surface area contributed by atoms with Crippen LogP contribution < -0.4 is 10.1 Å². The molecule has 224 valence electrons. The molecule has 42 heavy (non-hydrogen) atoms. The summed E-state index contributed by atoms with van der Waals surface area (Å²) in [5, 5.41) is 17.8. The van der Waals surface area contributed by atoms with Gasteiger partial charge >= 0.3 is 24.3 Å². The first-order valence-electron chi connectivity index (χ1n) is 11.9. The second kappa shape index (κ2) is 13.3. The quantitative estimate of drug-likeness (QED) is 0.206. The van der Waals surface area contributed by atoms with E-state index in [4.69, 9.17) is 24.5 Å². The molecule has 4 N–H and O–H groups in total. The van der Waals surface area contributed by atoms with E-state index in [9.17, 15) is 30.7 Å². The Bertz CT molecular complexity index is 1500. The molecule has 0 bridgehead atoms. The number of imidazole rings is 1. The number of carboxylic acid groups (broad SMARTS) is 2. The van der Waals surface area contributed by atoms with Crippen LogP contribution in [-0.4, -0.2) is 50.5 Å². The van der Waals surface area contributed by atoms with Gasteiger partial charge in [-0.2, -0.15) is 26.3 Å². The van der Waals surface area contributed by atoms with Crippen LogP contribution in [0.3, 0.4) is 0 Å². The highest BCUT2D eigenvalue weighted by atomic mass is 19.4. The number of halogens is 7. The van der Waals surface area contributed by atoms with Crippen LogP contribution in [0.1, 0.15) is 16.7 Å².